The summed E-state index contributed by atoms with van der Waals surface area (Å²) in [5.41, 5.74) is 0. The lowest BCUT2D eigenvalue weighted by Crippen LogP contribution is -2.59. The average molecular weight is 471 g/mol. The molecule has 10 heteroatoms. The second-order valence-electron chi connectivity index (χ2n) is 8.21. The summed E-state index contributed by atoms with van der Waals surface area (Å²) in [7, 11) is 1.29. The highest BCUT2D eigenvalue weighted by atomic mass is 16.6. The molecule has 0 aromatic carbocycles. The Morgan fingerprint density at radius 2 is 1.85 bits per heavy atom. The quantitative estimate of drug-likeness (QED) is 0.152. The van der Waals surface area contributed by atoms with Gasteiger partial charge < -0.3 is 35.1 Å². The third-order valence-corrected chi connectivity index (χ3v) is 5.52. The van der Waals surface area contributed by atoms with Crippen LogP contribution in [0, 0.1) is 11.3 Å². The molecule has 1 aliphatic rings. The van der Waals surface area contributed by atoms with Crippen molar-refractivity contribution >= 4 is 24.1 Å². The van der Waals surface area contributed by atoms with Crippen LogP contribution in [-0.2, 0) is 28.6 Å². The number of rotatable bonds is 16. The molecule has 1 heterocycles. The van der Waals surface area contributed by atoms with Crippen molar-refractivity contribution in [2.24, 2.45) is 5.92 Å². The smallest absolute Gasteiger partial charge is 0.370 e. The summed E-state index contributed by atoms with van der Waals surface area (Å²) in [5, 5.41) is 30.2. The van der Waals surface area contributed by atoms with Gasteiger partial charge in [-0.05, 0) is 12.5 Å². The molecule has 0 saturated carbocycles. The van der Waals surface area contributed by atoms with E-state index in [4.69, 9.17) is 19.6 Å². The molecule has 0 aromatic heterocycles. The van der Waals surface area contributed by atoms with Crippen LogP contribution in [0.5, 0.6) is 0 Å². The van der Waals surface area contributed by atoms with E-state index in [0.717, 1.165) is 25.5 Å². The number of amides is 1. The van der Waals surface area contributed by atoms with Gasteiger partial charge in [0.1, 0.15) is 24.9 Å². The second-order valence-corrected chi connectivity index (χ2v) is 8.21. The van der Waals surface area contributed by atoms with Crippen LogP contribution in [0.4, 0.5) is 0 Å². The van der Waals surface area contributed by atoms with Crippen molar-refractivity contribution < 1.29 is 38.8 Å². The number of carbonyl (C=O) groups excluding carboxylic acids is 2. The number of ether oxygens (including phenoxy) is 3. The van der Waals surface area contributed by atoms with Gasteiger partial charge in [0.25, 0.3) is 0 Å². The molecule has 0 spiro atoms. The number of unbranched alkanes of at least 4 members (excludes halogenated alkanes) is 6. The molecule has 5 unspecified atom stereocenters. The molecule has 33 heavy (non-hydrogen) atoms. The number of carbonyl (C=O) groups is 3. The van der Waals surface area contributed by atoms with Crippen molar-refractivity contribution in [2.75, 3.05) is 13.7 Å². The van der Waals surface area contributed by atoms with Crippen molar-refractivity contribution in [3.8, 4) is 0 Å². The average Bonchev–Trinajstić information content (AvgIpc) is 2.77. The minimum Gasteiger partial charge on any atom is -0.478 e. The molecular formula is C23H38N2O8. The lowest BCUT2D eigenvalue weighted by molar-refractivity contribution is -0.159. The van der Waals surface area contributed by atoms with E-state index >= 15 is 0 Å². The number of carboxylic acids is 1. The summed E-state index contributed by atoms with van der Waals surface area (Å²) in [4.78, 5) is 35.2. The number of aliphatic hydroxyl groups is 1. The topological polar surface area (TPSA) is 155 Å². The molecule has 0 aliphatic carbocycles. The Labute approximate surface area is 195 Å². The summed E-state index contributed by atoms with van der Waals surface area (Å²) in [5.74, 6) is -3.41. The van der Waals surface area contributed by atoms with Gasteiger partial charge in [-0.15, -0.1) is 0 Å². The molecule has 188 valence electrons. The Morgan fingerprint density at radius 1 is 1.21 bits per heavy atom. The molecular weight excluding hydrogens is 432 g/mol. The highest BCUT2D eigenvalue weighted by molar-refractivity contribution is 5.86. The molecule has 0 saturated heterocycles. The third kappa shape index (κ3) is 9.91. The maximum Gasteiger partial charge on any atom is 0.370 e. The maximum absolute atomic E-state index is 12.0. The van der Waals surface area contributed by atoms with Crippen LogP contribution in [0.15, 0.2) is 11.8 Å². The maximum atomic E-state index is 12.0. The molecule has 10 nitrogen and oxygen atoms in total. The first-order valence-electron chi connectivity index (χ1n) is 11.5. The van der Waals surface area contributed by atoms with Crippen LogP contribution in [0.3, 0.4) is 0 Å². The van der Waals surface area contributed by atoms with Crippen LogP contribution < -0.4 is 5.32 Å². The molecule has 4 N–H and O–H groups in total. The Balaban J connectivity index is 2.69. The Kier molecular flexibility index (Phi) is 13.3. The fraction of sp³-hybridized carbons (Fsp3) is 0.739. The van der Waals surface area contributed by atoms with Crippen molar-refractivity contribution in [1.82, 2.24) is 5.32 Å². The summed E-state index contributed by atoms with van der Waals surface area (Å²) in [6.07, 6.45) is 6.32. The lowest BCUT2D eigenvalue weighted by atomic mass is 9.87. The van der Waals surface area contributed by atoms with Crippen molar-refractivity contribution in [1.29, 1.82) is 5.41 Å². The van der Waals surface area contributed by atoms with Gasteiger partial charge in [-0.25, -0.2) is 4.79 Å². The lowest BCUT2D eigenvalue weighted by Gasteiger charge is -2.40. The number of esters is 1. The van der Waals surface area contributed by atoms with Gasteiger partial charge >= 0.3 is 11.9 Å². The predicted octanol–water partition coefficient (Wildman–Crippen LogP) is 2.18. The molecule has 5 atom stereocenters. The first kappa shape index (κ1) is 28.6. The normalized spacial score (nSPS) is 21.8. The summed E-state index contributed by atoms with van der Waals surface area (Å²) >= 11 is 0. The summed E-state index contributed by atoms with van der Waals surface area (Å²) in [6.45, 7) is 3.06. The highest BCUT2D eigenvalue weighted by Gasteiger charge is 2.44. The number of hydrogen-bond acceptors (Lipinski definition) is 8. The number of carboxylic acid groups (broad SMARTS) is 1. The Bertz CT molecular complexity index is 681. The number of methoxy groups -OCH3 is 1. The number of aliphatic carboxylic acids is 1. The fourth-order valence-corrected chi connectivity index (χ4v) is 3.80. The van der Waals surface area contributed by atoms with E-state index in [-0.39, 0.29) is 13.0 Å². The van der Waals surface area contributed by atoms with E-state index in [1.807, 2.05) is 0 Å². The molecule has 0 radical (unpaired) electrons. The zero-order chi connectivity index (χ0) is 24.8. The Morgan fingerprint density at radius 3 is 2.39 bits per heavy atom. The third-order valence-electron chi connectivity index (χ3n) is 5.52. The van der Waals surface area contributed by atoms with Crippen LogP contribution in [0.25, 0.3) is 0 Å². The van der Waals surface area contributed by atoms with Gasteiger partial charge in [-0.1, -0.05) is 45.4 Å². The van der Waals surface area contributed by atoms with Crippen LogP contribution in [-0.4, -0.2) is 72.3 Å². The van der Waals surface area contributed by atoms with E-state index in [0.29, 0.717) is 6.42 Å². The molecule has 0 aromatic rings. The number of aliphatic hydroxyl groups excluding tert-OH is 1. The molecule has 1 aliphatic heterocycles. The van der Waals surface area contributed by atoms with E-state index in [9.17, 15) is 24.6 Å². The number of nitrogens with one attached hydrogen (secondary N) is 2. The van der Waals surface area contributed by atoms with Crippen molar-refractivity contribution in [3.63, 3.8) is 0 Å². The van der Waals surface area contributed by atoms with E-state index in [1.54, 1.807) is 0 Å². The zero-order valence-electron chi connectivity index (χ0n) is 19.7. The van der Waals surface area contributed by atoms with E-state index in [2.05, 4.69) is 12.2 Å². The second kappa shape index (κ2) is 15.4. The van der Waals surface area contributed by atoms with Crippen LogP contribution in [0.1, 0.15) is 65.2 Å². The first-order valence-corrected chi connectivity index (χ1v) is 11.5. The van der Waals surface area contributed by atoms with Gasteiger partial charge in [0, 0.05) is 32.6 Å². The highest BCUT2D eigenvalue weighted by Crippen LogP contribution is 2.27. The zero-order valence-corrected chi connectivity index (χ0v) is 19.7. The first-order chi connectivity index (χ1) is 15.7. The monoisotopic (exact) mass is 470 g/mol. The Hall–Kier alpha value is -2.46. The standard InChI is InChI=1S/C23H38N2O8/c1-4-5-6-7-8-9-10-11-19(28)32-14-17(27)21(31-3)22-20(25-15(2)26)16(13-24)12-18(33-22)23(29)30/h12-13,16-17,20-22,24,27H,4-11,14H2,1-3H3,(H,25,26)(H,29,30). The summed E-state index contributed by atoms with van der Waals surface area (Å²) in [6, 6.07) is -0.855. The summed E-state index contributed by atoms with van der Waals surface area (Å²) < 4.78 is 16.0. The molecule has 0 bridgehead atoms. The van der Waals surface area contributed by atoms with Gasteiger partial charge in [-0.2, -0.15) is 0 Å². The minimum atomic E-state index is -1.35. The minimum absolute atomic E-state index is 0.244. The van der Waals surface area contributed by atoms with Crippen LogP contribution >= 0.6 is 0 Å². The number of hydrogen-bond donors (Lipinski definition) is 4. The van der Waals surface area contributed by atoms with Gasteiger partial charge in [0.15, 0.2) is 0 Å². The predicted molar refractivity (Wildman–Crippen MR) is 121 cm³/mol. The van der Waals surface area contributed by atoms with E-state index < -0.39 is 53.9 Å². The van der Waals surface area contributed by atoms with Gasteiger partial charge in [0.05, 0.1) is 6.04 Å². The van der Waals surface area contributed by atoms with Crippen molar-refractivity contribution in [3.05, 3.63) is 11.8 Å². The molecule has 1 rings (SSSR count). The molecule has 1 amide bonds. The van der Waals surface area contributed by atoms with Gasteiger partial charge in [0.2, 0.25) is 11.7 Å². The molecule has 0 fully saturated rings. The fourth-order valence-electron chi connectivity index (χ4n) is 3.80. The largest absolute Gasteiger partial charge is 0.478 e. The van der Waals surface area contributed by atoms with E-state index in [1.165, 1.54) is 39.4 Å². The SMILES string of the molecule is CCCCCCCCCC(=O)OCC(O)C(OC)C1OC(C(=O)O)=CC(C=N)C1NC(C)=O. The van der Waals surface area contributed by atoms with Crippen LogP contribution in [0.2, 0.25) is 0 Å². The van der Waals surface area contributed by atoms with Gasteiger partial charge in [-0.3, -0.25) is 9.59 Å². The van der Waals surface area contributed by atoms with Crippen molar-refractivity contribution in [2.45, 2.75) is 89.6 Å².